The maximum atomic E-state index is 10.5. The summed E-state index contributed by atoms with van der Waals surface area (Å²) in [6, 6.07) is 10.0. The first-order chi connectivity index (χ1) is 9.06. The van der Waals surface area contributed by atoms with E-state index in [1.54, 1.807) is 0 Å². The lowest BCUT2D eigenvalue weighted by Gasteiger charge is -2.12. The van der Waals surface area contributed by atoms with Gasteiger partial charge in [-0.15, -0.1) is 0 Å². The number of rotatable bonds is 3. The lowest BCUT2D eigenvalue weighted by Crippen LogP contribution is -2.01. The molecule has 1 heterocycles. The van der Waals surface area contributed by atoms with Crippen molar-refractivity contribution < 1.29 is 9.52 Å². The first-order valence-electron chi connectivity index (χ1n) is 6.91. The Hall–Kier alpha value is -1.54. The summed E-state index contributed by atoms with van der Waals surface area (Å²) in [5.41, 5.74) is 3.24. The molecule has 0 amide bonds. The van der Waals surface area contributed by atoms with E-state index in [1.807, 2.05) is 31.2 Å². The van der Waals surface area contributed by atoms with Crippen LogP contribution in [0.25, 0.3) is 0 Å². The van der Waals surface area contributed by atoms with Crippen LogP contribution in [0.15, 0.2) is 34.7 Å². The number of aliphatic hydroxyl groups excluding tert-OH is 1. The number of aliphatic hydroxyl groups is 1. The van der Waals surface area contributed by atoms with Crippen molar-refractivity contribution >= 4 is 0 Å². The minimum Gasteiger partial charge on any atom is -0.463 e. The van der Waals surface area contributed by atoms with Crippen molar-refractivity contribution in [2.24, 2.45) is 5.92 Å². The van der Waals surface area contributed by atoms with Gasteiger partial charge in [0, 0.05) is 5.92 Å². The Bertz CT molecular complexity index is 597. The molecule has 1 aromatic heterocycles. The SMILES string of the molecule is Cc1ccc(C(O)c2ccc(C3CC3C)o2)c(C)c1. The zero-order valence-corrected chi connectivity index (χ0v) is 11.7. The van der Waals surface area contributed by atoms with Crippen LogP contribution in [0.2, 0.25) is 0 Å². The summed E-state index contributed by atoms with van der Waals surface area (Å²) in [5, 5.41) is 10.5. The molecule has 2 aromatic rings. The minimum absolute atomic E-state index is 0.556. The Morgan fingerprint density at radius 2 is 1.95 bits per heavy atom. The molecule has 2 heteroatoms. The normalized spacial score (nSPS) is 23.4. The van der Waals surface area contributed by atoms with Gasteiger partial charge in [-0.1, -0.05) is 30.7 Å². The first kappa shape index (κ1) is 12.5. The molecule has 0 spiro atoms. The largest absolute Gasteiger partial charge is 0.463 e. The van der Waals surface area contributed by atoms with Crippen molar-refractivity contribution in [1.29, 1.82) is 0 Å². The molecule has 19 heavy (non-hydrogen) atoms. The van der Waals surface area contributed by atoms with Crippen molar-refractivity contribution in [2.75, 3.05) is 0 Å². The maximum Gasteiger partial charge on any atom is 0.137 e. The van der Waals surface area contributed by atoms with Crippen molar-refractivity contribution in [3.63, 3.8) is 0 Å². The fourth-order valence-electron chi connectivity index (χ4n) is 2.72. The van der Waals surface area contributed by atoms with E-state index < -0.39 is 6.10 Å². The van der Waals surface area contributed by atoms with E-state index in [1.165, 1.54) is 12.0 Å². The second-order valence-electron chi connectivity index (χ2n) is 5.82. The quantitative estimate of drug-likeness (QED) is 0.896. The van der Waals surface area contributed by atoms with Gasteiger partial charge in [0.05, 0.1) is 0 Å². The zero-order chi connectivity index (χ0) is 13.6. The molecule has 1 aliphatic rings. The number of furan rings is 1. The van der Waals surface area contributed by atoms with Gasteiger partial charge in [-0.25, -0.2) is 0 Å². The predicted molar refractivity (Wildman–Crippen MR) is 75.2 cm³/mol. The molecule has 2 nitrogen and oxygen atoms in total. The van der Waals surface area contributed by atoms with E-state index in [9.17, 15) is 5.11 Å². The summed E-state index contributed by atoms with van der Waals surface area (Å²) in [6.07, 6.45) is 0.537. The number of aryl methyl sites for hydroxylation is 2. The Kier molecular flexibility index (Phi) is 2.98. The highest BCUT2D eigenvalue weighted by Crippen LogP contribution is 2.47. The summed E-state index contributed by atoms with van der Waals surface area (Å²) < 4.78 is 5.83. The second-order valence-corrected chi connectivity index (χ2v) is 5.82. The number of benzene rings is 1. The molecule has 3 atom stereocenters. The summed E-state index contributed by atoms with van der Waals surface area (Å²) in [6.45, 7) is 6.31. The summed E-state index contributed by atoms with van der Waals surface area (Å²) in [5.74, 6) is 2.95. The van der Waals surface area contributed by atoms with Gasteiger partial charge in [-0.3, -0.25) is 0 Å². The van der Waals surface area contributed by atoms with Gasteiger partial charge in [0.15, 0.2) is 0 Å². The van der Waals surface area contributed by atoms with Crippen LogP contribution in [-0.2, 0) is 0 Å². The van der Waals surface area contributed by atoms with Gasteiger partial charge in [-0.05, 0) is 49.4 Å². The molecular weight excluding hydrogens is 236 g/mol. The molecule has 0 bridgehead atoms. The molecule has 100 valence electrons. The van der Waals surface area contributed by atoms with Crippen molar-refractivity contribution in [3.05, 3.63) is 58.5 Å². The van der Waals surface area contributed by atoms with Gasteiger partial charge in [0.2, 0.25) is 0 Å². The van der Waals surface area contributed by atoms with Gasteiger partial charge in [0.25, 0.3) is 0 Å². The molecule has 3 unspecified atom stereocenters. The summed E-state index contributed by atoms with van der Waals surface area (Å²) in [4.78, 5) is 0. The second kappa shape index (κ2) is 4.53. The lowest BCUT2D eigenvalue weighted by molar-refractivity contribution is 0.186. The van der Waals surface area contributed by atoms with Crippen LogP contribution >= 0.6 is 0 Å². The highest BCUT2D eigenvalue weighted by Gasteiger charge is 2.37. The smallest absolute Gasteiger partial charge is 0.137 e. The van der Waals surface area contributed by atoms with Gasteiger partial charge in [-0.2, -0.15) is 0 Å². The molecule has 1 aliphatic carbocycles. The van der Waals surface area contributed by atoms with E-state index >= 15 is 0 Å². The van der Waals surface area contributed by atoms with Crippen LogP contribution in [0.5, 0.6) is 0 Å². The summed E-state index contributed by atoms with van der Waals surface area (Å²) >= 11 is 0. The summed E-state index contributed by atoms with van der Waals surface area (Å²) in [7, 11) is 0. The van der Waals surface area contributed by atoms with Crippen LogP contribution in [0, 0.1) is 19.8 Å². The average molecular weight is 256 g/mol. The number of hydrogen-bond donors (Lipinski definition) is 1. The lowest BCUT2D eigenvalue weighted by atomic mass is 10.00. The van der Waals surface area contributed by atoms with E-state index in [0.717, 1.165) is 22.8 Å². The first-order valence-corrected chi connectivity index (χ1v) is 6.91. The van der Waals surface area contributed by atoms with Crippen LogP contribution in [0.3, 0.4) is 0 Å². The van der Waals surface area contributed by atoms with Crippen LogP contribution in [0.4, 0.5) is 0 Å². The topological polar surface area (TPSA) is 33.4 Å². The minimum atomic E-state index is -0.664. The maximum absolute atomic E-state index is 10.5. The van der Waals surface area contributed by atoms with Crippen molar-refractivity contribution in [1.82, 2.24) is 0 Å². The predicted octanol–water partition coefficient (Wildman–Crippen LogP) is 4.10. The average Bonchev–Trinajstić information content (AvgIpc) is 2.91. The van der Waals surface area contributed by atoms with E-state index in [-0.39, 0.29) is 0 Å². The molecule has 0 radical (unpaired) electrons. The van der Waals surface area contributed by atoms with Crippen LogP contribution in [0.1, 0.15) is 53.6 Å². The Labute approximate surface area is 114 Å². The molecule has 0 saturated heterocycles. The molecule has 1 N–H and O–H groups in total. The Balaban J connectivity index is 1.86. The molecule has 1 saturated carbocycles. The Morgan fingerprint density at radius 3 is 2.58 bits per heavy atom. The highest BCUT2D eigenvalue weighted by molar-refractivity contribution is 5.35. The molecule has 0 aliphatic heterocycles. The number of hydrogen-bond acceptors (Lipinski definition) is 2. The molecule has 1 aromatic carbocycles. The van der Waals surface area contributed by atoms with Crippen LogP contribution in [-0.4, -0.2) is 5.11 Å². The Morgan fingerprint density at radius 1 is 1.21 bits per heavy atom. The van der Waals surface area contributed by atoms with Gasteiger partial charge >= 0.3 is 0 Å². The monoisotopic (exact) mass is 256 g/mol. The fourth-order valence-corrected chi connectivity index (χ4v) is 2.72. The van der Waals surface area contributed by atoms with Crippen molar-refractivity contribution in [3.8, 4) is 0 Å². The van der Waals surface area contributed by atoms with E-state index in [2.05, 4.69) is 19.9 Å². The third-order valence-electron chi connectivity index (χ3n) is 4.11. The third kappa shape index (κ3) is 2.33. The van der Waals surface area contributed by atoms with Crippen molar-refractivity contribution in [2.45, 2.75) is 39.2 Å². The highest BCUT2D eigenvalue weighted by atomic mass is 16.4. The van der Waals surface area contributed by atoms with Gasteiger partial charge in [0.1, 0.15) is 17.6 Å². The fraction of sp³-hybridized carbons (Fsp3) is 0.412. The standard InChI is InChI=1S/C17H20O2/c1-10-4-5-13(11(2)8-10)17(18)16-7-6-15(19-16)14-9-12(14)3/h4-8,12,14,17-18H,9H2,1-3H3. The van der Waals surface area contributed by atoms with Crippen LogP contribution < -0.4 is 0 Å². The molecule has 3 rings (SSSR count). The zero-order valence-electron chi connectivity index (χ0n) is 11.7. The van der Waals surface area contributed by atoms with Gasteiger partial charge < -0.3 is 9.52 Å². The van der Waals surface area contributed by atoms with E-state index in [4.69, 9.17) is 4.42 Å². The third-order valence-corrected chi connectivity index (χ3v) is 4.11. The molecular formula is C17H20O2. The molecule has 1 fully saturated rings. The van der Waals surface area contributed by atoms with E-state index in [0.29, 0.717) is 11.7 Å².